The summed E-state index contributed by atoms with van der Waals surface area (Å²) in [4.78, 5) is 0. The van der Waals surface area contributed by atoms with Gasteiger partial charge in [0.25, 0.3) is 0 Å². The van der Waals surface area contributed by atoms with Crippen molar-refractivity contribution in [3.05, 3.63) is 11.6 Å². The topological polar surface area (TPSA) is 12.0 Å². The summed E-state index contributed by atoms with van der Waals surface area (Å²) in [5.41, 5.74) is 1.61. The second-order valence-corrected chi connectivity index (χ2v) is 4.90. The molecule has 0 aromatic heterocycles. The van der Waals surface area contributed by atoms with Crippen molar-refractivity contribution in [1.82, 2.24) is 5.32 Å². The first-order valence-corrected chi connectivity index (χ1v) is 6.69. The van der Waals surface area contributed by atoms with E-state index in [1.165, 1.54) is 44.9 Å². The van der Waals surface area contributed by atoms with Crippen LogP contribution in [0.4, 0.5) is 0 Å². The van der Waals surface area contributed by atoms with Gasteiger partial charge in [-0.3, -0.25) is 0 Å². The molecule has 0 aromatic carbocycles. The van der Waals surface area contributed by atoms with Crippen molar-refractivity contribution < 1.29 is 0 Å². The Morgan fingerprint density at radius 2 is 2.00 bits per heavy atom. The molecular weight excluding hydrogens is 182 g/mol. The largest absolute Gasteiger partial charge is 0.317 e. The van der Waals surface area contributed by atoms with Crippen LogP contribution in [0.1, 0.15) is 58.8 Å². The average Bonchev–Trinajstić information content (AvgIpc) is 2.26. The van der Waals surface area contributed by atoms with E-state index in [4.69, 9.17) is 0 Å². The summed E-state index contributed by atoms with van der Waals surface area (Å²) in [6.45, 7) is 6.70. The molecule has 1 aliphatic rings. The zero-order valence-corrected chi connectivity index (χ0v) is 10.5. The fourth-order valence-corrected chi connectivity index (χ4v) is 2.53. The molecule has 1 saturated carbocycles. The lowest BCUT2D eigenvalue weighted by Gasteiger charge is -2.21. The van der Waals surface area contributed by atoms with Crippen LogP contribution < -0.4 is 5.32 Å². The van der Waals surface area contributed by atoms with Gasteiger partial charge in [0.15, 0.2) is 0 Å². The Bertz CT molecular complexity index is 178. The van der Waals surface area contributed by atoms with Crippen molar-refractivity contribution in [2.75, 3.05) is 13.1 Å². The molecule has 1 aliphatic carbocycles. The van der Waals surface area contributed by atoms with Gasteiger partial charge in [0.2, 0.25) is 0 Å². The van der Waals surface area contributed by atoms with E-state index in [2.05, 4.69) is 25.2 Å². The molecule has 0 aliphatic heterocycles. The highest BCUT2D eigenvalue weighted by atomic mass is 14.8. The second-order valence-electron chi connectivity index (χ2n) is 4.90. The van der Waals surface area contributed by atoms with Crippen molar-refractivity contribution in [3.8, 4) is 0 Å². The van der Waals surface area contributed by atoms with Gasteiger partial charge in [-0.1, -0.05) is 50.7 Å². The van der Waals surface area contributed by atoms with E-state index < -0.39 is 0 Å². The minimum absolute atomic E-state index is 0.995. The number of nitrogens with one attached hydrogen (secondary N) is 1. The summed E-state index contributed by atoms with van der Waals surface area (Å²) < 4.78 is 0. The maximum absolute atomic E-state index is 3.36. The van der Waals surface area contributed by atoms with E-state index in [9.17, 15) is 0 Å². The van der Waals surface area contributed by atoms with Crippen molar-refractivity contribution in [3.63, 3.8) is 0 Å². The van der Waals surface area contributed by atoms with Gasteiger partial charge in [-0.15, -0.1) is 0 Å². The number of hydrogen-bond donors (Lipinski definition) is 1. The van der Waals surface area contributed by atoms with Crippen LogP contribution in [0, 0.1) is 5.92 Å². The summed E-state index contributed by atoms with van der Waals surface area (Å²) in [5.74, 6) is 0.995. The fraction of sp³-hybridized carbons (Fsp3) is 0.857. The highest BCUT2D eigenvalue weighted by molar-refractivity contribution is 4.99. The van der Waals surface area contributed by atoms with Crippen LogP contribution in [0.5, 0.6) is 0 Å². The maximum Gasteiger partial charge on any atom is -0.00143 e. The lowest BCUT2D eigenvalue weighted by atomic mass is 9.85. The van der Waals surface area contributed by atoms with Gasteiger partial charge in [0.1, 0.15) is 0 Å². The third-order valence-corrected chi connectivity index (χ3v) is 3.40. The van der Waals surface area contributed by atoms with Crippen LogP contribution in [0.25, 0.3) is 0 Å². The van der Waals surface area contributed by atoms with E-state index in [1.54, 1.807) is 5.57 Å². The van der Waals surface area contributed by atoms with E-state index in [1.807, 2.05) is 0 Å². The van der Waals surface area contributed by atoms with E-state index in [0.717, 1.165) is 19.0 Å². The molecule has 1 nitrogen and oxygen atoms in total. The number of rotatable bonds is 6. The lowest BCUT2D eigenvalue weighted by Crippen LogP contribution is -2.13. The molecule has 1 heteroatoms. The Hall–Kier alpha value is -0.300. The standard InChI is InChI=1S/C14H27N/c1-3-15-11-7-8-13(2)12-14-9-5-4-6-10-14/h8,14-15H,3-7,9-12H2,1-2H3. The Morgan fingerprint density at radius 1 is 1.27 bits per heavy atom. The molecule has 0 radical (unpaired) electrons. The molecular formula is C14H27N. The minimum atomic E-state index is 0.995. The molecule has 0 amide bonds. The van der Waals surface area contributed by atoms with Gasteiger partial charge in [-0.05, 0) is 38.8 Å². The normalized spacial score (nSPS) is 19.5. The second kappa shape index (κ2) is 7.92. The van der Waals surface area contributed by atoms with Crippen LogP contribution in [0.15, 0.2) is 11.6 Å². The maximum atomic E-state index is 3.36. The Balaban J connectivity index is 2.12. The van der Waals surface area contributed by atoms with Gasteiger partial charge < -0.3 is 5.32 Å². The third-order valence-electron chi connectivity index (χ3n) is 3.40. The predicted octanol–water partition coefficient (Wildman–Crippen LogP) is 3.90. The molecule has 1 fully saturated rings. The van der Waals surface area contributed by atoms with Crippen LogP contribution in [-0.2, 0) is 0 Å². The zero-order valence-electron chi connectivity index (χ0n) is 10.5. The first-order valence-electron chi connectivity index (χ1n) is 6.69. The first-order chi connectivity index (χ1) is 7.33. The summed E-state index contributed by atoms with van der Waals surface area (Å²) in [6, 6.07) is 0. The first kappa shape index (κ1) is 12.8. The Morgan fingerprint density at radius 3 is 2.67 bits per heavy atom. The summed E-state index contributed by atoms with van der Waals surface area (Å²) in [6.07, 6.45) is 12.3. The smallest absolute Gasteiger partial charge is 0.00143 e. The molecule has 0 heterocycles. The highest BCUT2D eigenvalue weighted by Gasteiger charge is 2.13. The van der Waals surface area contributed by atoms with Crippen molar-refractivity contribution in [2.24, 2.45) is 5.92 Å². The summed E-state index contributed by atoms with van der Waals surface area (Å²) in [7, 11) is 0. The molecule has 0 spiro atoms. The van der Waals surface area contributed by atoms with E-state index in [-0.39, 0.29) is 0 Å². The molecule has 0 saturated heterocycles. The molecule has 0 atom stereocenters. The fourth-order valence-electron chi connectivity index (χ4n) is 2.53. The molecule has 0 aromatic rings. The van der Waals surface area contributed by atoms with Crippen molar-refractivity contribution >= 4 is 0 Å². The van der Waals surface area contributed by atoms with Crippen LogP contribution >= 0.6 is 0 Å². The quantitative estimate of drug-likeness (QED) is 0.517. The van der Waals surface area contributed by atoms with Gasteiger partial charge in [0, 0.05) is 0 Å². The summed E-state index contributed by atoms with van der Waals surface area (Å²) in [5, 5.41) is 3.36. The third kappa shape index (κ3) is 5.99. The predicted molar refractivity (Wildman–Crippen MR) is 68.1 cm³/mol. The summed E-state index contributed by atoms with van der Waals surface area (Å²) >= 11 is 0. The van der Waals surface area contributed by atoms with Gasteiger partial charge in [-0.25, -0.2) is 0 Å². The van der Waals surface area contributed by atoms with Gasteiger partial charge in [-0.2, -0.15) is 0 Å². The molecule has 0 bridgehead atoms. The van der Waals surface area contributed by atoms with Crippen LogP contribution in [-0.4, -0.2) is 13.1 Å². The lowest BCUT2D eigenvalue weighted by molar-refractivity contribution is 0.355. The monoisotopic (exact) mass is 209 g/mol. The van der Waals surface area contributed by atoms with E-state index >= 15 is 0 Å². The average molecular weight is 209 g/mol. The number of hydrogen-bond acceptors (Lipinski definition) is 1. The van der Waals surface area contributed by atoms with Crippen LogP contribution in [0.2, 0.25) is 0 Å². The minimum Gasteiger partial charge on any atom is -0.317 e. The van der Waals surface area contributed by atoms with Crippen molar-refractivity contribution in [2.45, 2.75) is 58.8 Å². The van der Waals surface area contributed by atoms with Crippen molar-refractivity contribution in [1.29, 1.82) is 0 Å². The number of allylic oxidation sites excluding steroid dienone is 1. The van der Waals surface area contributed by atoms with Gasteiger partial charge in [0.05, 0.1) is 0 Å². The van der Waals surface area contributed by atoms with E-state index in [0.29, 0.717) is 0 Å². The Kier molecular flexibility index (Phi) is 6.74. The SMILES string of the molecule is CCNCCC=C(C)CC1CCCCC1. The van der Waals surface area contributed by atoms with Crippen LogP contribution in [0.3, 0.4) is 0 Å². The molecule has 1 N–H and O–H groups in total. The Labute approximate surface area is 95.3 Å². The highest BCUT2D eigenvalue weighted by Crippen LogP contribution is 2.28. The molecule has 0 unspecified atom stereocenters. The van der Waals surface area contributed by atoms with Gasteiger partial charge >= 0.3 is 0 Å². The molecule has 1 rings (SSSR count). The molecule has 88 valence electrons. The molecule has 15 heavy (non-hydrogen) atoms. The zero-order chi connectivity index (χ0) is 10.9.